The highest BCUT2D eigenvalue weighted by Gasteiger charge is 2.35. The summed E-state index contributed by atoms with van der Waals surface area (Å²) < 4.78 is 40.6. The predicted molar refractivity (Wildman–Crippen MR) is 143 cm³/mol. The zero-order chi connectivity index (χ0) is 28.9. The molecule has 2 aromatic rings. The summed E-state index contributed by atoms with van der Waals surface area (Å²) in [4.78, 5) is 38.7. The number of nitrogens with zero attached hydrogens (tertiary/aromatic N) is 1. The van der Waals surface area contributed by atoms with Crippen molar-refractivity contribution in [2.24, 2.45) is 11.1 Å². The Labute approximate surface area is 229 Å². The third kappa shape index (κ3) is 8.12. The molecule has 1 saturated heterocycles. The van der Waals surface area contributed by atoms with E-state index in [4.69, 9.17) is 5.73 Å². The molecule has 12 heteroatoms. The molecule has 212 valence electrons. The van der Waals surface area contributed by atoms with Gasteiger partial charge in [-0.1, -0.05) is 32.9 Å². The van der Waals surface area contributed by atoms with E-state index in [1.54, 1.807) is 24.3 Å². The van der Waals surface area contributed by atoms with Crippen LogP contribution in [0.4, 0.5) is 18.9 Å². The number of benzene rings is 2. The van der Waals surface area contributed by atoms with Gasteiger partial charge < -0.3 is 26.4 Å². The maximum atomic E-state index is 13.9. The lowest BCUT2D eigenvalue weighted by molar-refractivity contribution is -0.140. The third-order valence-corrected chi connectivity index (χ3v) is 7.49. The number of nitrogens with two attached hydrogens (primary N) is 1. The van der Waals surface area contributed by atoms with Gasteiger partial charge in [-0.3, -0.25) is 9.59 Å². The summed E-state index contributed by atoms with van der Waals surface area (Å²) in [5.74, 6) is -4.59. The minimum absolute atomic E-state index is 0.127. The highest BCUT2D eigenvalue weighted by atomic mass is 32.2. The van der Waals surface area contributed by atoms with Gasteiger partial charge in [-0.15, -0.1) is 11.8 Å². The molecule has 3 rings (SSSR count). The summed E-state index contributed by atoms with van der Waals surface area (Å²) >= 11 is 1.31. The minimum Gasteiger partial charge on any atom is -0.480 e. The van der Waals surface area contributed by atoms with Crippen LogP contribution in [-0.4, -0.2) is 57.5 Å². The number of aliphatic carboxylic acids is 1. The highest BCUT2D eigenvalue weighted by molar-refractivity contribution is 8.00. The zero-order valence-electron chi connectivity index (χ0n) is 22.0. The van der Waals surface area contributed by atoms with Gasteiger partial charge in [0.2, 0.25) is 5.91 Å². The predicted octanol–water partition coefficient (Wildman–Crippen LogP) is 3.49. The number of hydrogen-bond donors (Lipinski definition) is 4. The number of rotatable bonds is 10. The lowest BCUT2D eigenvalue weighted by Crippen LogP contribution is -2.46. The number of carboxylic acid groups (broad SMARTS) is 1. The van der Waals surface area contributed by atoms with Crippen LogP contribution in [0.15, 0.2) is 36.4 Å². The third-order valence-electron chi connectivity index (χ3n) is 6.29. The molecule has 1 fully saturated rings. The molecule has 2 aromatic carbocycles. The summed E-state index contributed by atoms with van der Waals surface area (Å²) in [7, 11) is 0. The van der Waals surface area contributed by atoms with Crippen LogP contribution >= 0.6 is 11.8 Å². The molecule has 39 heavy (non-hydrogen) atoms. The Morgan fingerprint density at radius 3 is 2.36 bits per heavy atom. The van der Waals surface area contributed by atoms with E-state index in [9.17, 15) is 32.7 Å². The standard InChI is InChI=1S/C27H33F3N4O4S/c1-27(2,3)23(26(37)38)33-18-6-4-15(5-7-18)14-32-24(36)25-34(8-9-39-25)22(35)12-17(31)10-16-11-20(29)21(30)13-19(16)28/h4-7,11,13,17,23,25,33H,8-10,12,14,31H2,1-3H3,(H,32,36)(H,37,38). The van der Waals surface area contributed by atoms with E-state index in [-0.39, 0.29) is 30.9 Å². The van der Waals surface area contributed by atoms with Gasteiger partial charge in [0.05, 0.1) is 0 Å². The number of carboxylic acids is 1. The summed E-state index contributed by atoms with van der Waals surface area (Å²) in [5, 5.41) is 14.6. The number of thioether (sulfide) groups is 1. The van der Waals surface area contributed by atoms with E-state index in [2.05, 4.69) is 10.6 Å². The molecule has 0 spiro atoms. The molecule has 5 N–H and O–H groups in total. The average Bonchev–Trinajstić information content (AvgIpc) is 3.34. The van der Waals surface area contributed by atoms with E-state index in [0.29, 0.717) is 24.1 Å². The van der Waals surface area contributed by atoms with Crippen molar-refractivity contribution >= 4 is 35.2 Å². The number of nitrogens with one attached hydrogen (secondary N) is 2. The molecule has 3 atom stereocenters. The largest absolute Gasteiger partial charge is 0.480 e. The Kier molecular flexibility index (Phi) is 9.89. The Morgan fingerprint density at radius 1 is 1.10 bits per heavy atom. The van der Waals surface area contributed by atoms with Crippen molar-refractivity contribution in [3.63, 3.8) is 0 Å². The van der Waals surface area contributed by atoms with Crippen molar-refractivity contribution in [1.29, 1.82) is 0 Å². The second-order valence-electron chi connectivity index (χ2n) is 10.5. The smallest absolute Gasteiger partial charge is 0.326 e. The molecule has 8 nitrogen and oxygen atoms in total. The Bertz CT molecular complexity index is 1210. The molecule has 0 saturated carbocycles. The minimum atomic E-state index is -1.30. The first-order valence-corrected chi connectivity index (χ1v) is 13.5. The van der Waals surface area contributed by atoms with E-state index in [0.717, 1.165) is 11.6 Å². The number of anilines is 1. The maximum absolute atomic E-state index is 13.9. The fraction of sp³-hybridized carbons (Fsp3) is 0.444. The van der Waals surface area contributed by atoms with Gasteiger partial charge in [-0.25, -0.2) is 18.0 Å². The monoisotopic (exact) mass is 566 g/mol. The van der Waals surface area contributed by atoms with Crippen molar-refractivity contribution < 1.29 is 32.7 Å². The van der Waals surface area contributed by atoms with Gasteiger partial charge >= 0.3 is 5.97 Å². The number of carbonyl (C=O) groups excluding carboxylic acids is 2. The Balaban J connectivity index is 1.53. The van der Waals surface area contributed by atoms with Crippen LogP contribution in [0.1, 0.15) is 38.3 Å². The average molecular weight is 567 g/mol. The number of carbonyl (C=O) groups is 3. The fourth-order valence-electron chi connectivity index (χ4n) is 4.17. The van der Waals surface area contributed by atoms with Crippen LogP contribution in [-0.2, 0) is 27.3 Å². The molecule has 1 aliphatic heterocycles. The molecular formula is C27H33F3N4O4S. The molecule has 3 unspecified atom stereocenters. The van der Waals surface area contributed by atoms with Gasteiger partial charge in [0.15, 0.2) is 17.0 Å². The van der Waals surface area contributed by atoms with Crippen LogP contribution in [0.2, 0.25) is 0 Å². The van der Waals surface area contributed by atoms with Crippen molar-refractivity contribution in [1.82, 2.24) is 10.2 Å². The summed E-state index contributed by atoms with van der Waals surface area (Å²) in [6, 6.07) is 6.55. The lowest BCUT2D eigenvalue weighted by Gasteiger charge is -2.28. The topological polar surface area (TPSA) is 125 Å². The molecule has 0 bridgehead atoms. The normalized spacial score (nSPS) is 17.0. The Hall–Kier alpha value is -3.25. The van der Waals surface area contributed by atoms with Crippen molar-refractivity contribution in [2.45, 2.75) is 57.6 Å². The summed E-state index contributed by atoms with van der Waals surface area (Å²) in [6.07, 6.45) is -0.358. The molecule has 1 heterocycles. The van der Waals surface area contributed by atoms with Crippen LogP contribution in [0.3, 0.4) is 0 Å². The van der Waals surface area contributed by atoms with Crippen LogP contribution in [0.5, 0.6) is 0 Å². The van der Waals surface area contributed by atoms with Gasteiger partial charge in [-0.05, 0) is 41.2 Å². The quantitative estimate of drug-likeness (QED) is 0.325. The van der Waals surface area contributed by atoms with Gasteiger partial charge in [0.25, 0.3) is 5.91 Å². The maximum Gasteiger partial charge on any atom is 0.326 e. The highest BCUT2D eigenvalue weighted by Crippen LogP contribution is 2.26. The second-order valence-corrected chi connectivity index (χ2v) is 11.7. The molecule has 1 aliphatic rings. The summed E-state index contributed by atoms with van der Waals surface area (Å²) in [5.41, 5.74) is 6.79. The van der Waals surface area contributed by atoms with E-state index < -0.39 is 52.2 Å². The Morgan fingerprint density at radius 2 is 1.74 bits per heavy atom. The fourth-order valence-corrected chi connectivity index (χ4v) is 5.33. The second kappa shape index (κ2) is 12.7. The van der Waals surface area contributed by atoms with Crippen LogP contribution in [0.25, 0.3) is 0 Å². The van der Waals surface area contributed by atoms with Gasteiger partial charge in [0, 0.05) is 43.1 Å². The molecule has 0 aromatic heterocycles. The van der Waals surface area contributed by atoms with Crippen LogP contribution in [0, 0.1) is 22.9 Å². The van der Waals surface area contributed by atoms with Gasteiger partial charge in [0.1, 0.15) is 11.9 Å². The molecule has 2 amide bonds. The van der Waals surface area contributed by atoms with E-state index in [1.807, 2.05) is 20.8 Å². The molecule has 0 radical (unpaired) electrons. The van der Waals surface area contributed by atoms with Crippen LogP contribution < -0.4 is 16.4 Å². The van der Waals surface area contributed by atoms with Gasteiger partial charge in [-0.2, -0.15) is 0 Å². The van der Waals surface area contributed by atoms with Crippen molar-refractivity contribution in [2.75, 3.05) is 17.6 Å². The zero-order valence-corrected chi connectivity index (χ0v) is 22.8. The first-order chi connectivity index (χ1) is 18.3. The lowest BCUT2D eigenvalue weighted by atomic mass is 9.86. The SMILES string of the molecule is CC(C)(C)C(Nc1ccc(CNC(=O)C2SCCN2C(=O)CC(N)Cc2cc(F)c(F)cc2F)cc1)C(=O)O. The number of halogens is 3. The van der Waals surface area contributed by atoms with E-state index >= 15 is 0 Å². The first kappa shape index (κ1) is 30.3. The molecular weight excluding hydrogens is 533 g/mol. The molecule has 0 aliphatic carbocycles. The van der Waals surface area contributed by atoms with E-state index in [1.165, 1.54) is 16.7 Å². The van der Waals surface area contributed by atoms with Crippen molar-refractivity contribution in [3.8, 4) is 0 Å². The number of amides is 2. The summed E-state index contributed by atoms with van der Waals surface area (Å²) in [6.45, 7) is 6.04. The van der Waals surface area contributed by atoms with Crippen molar-refractivity contribution in [3.05, 3.63) is 65.0 Å². The first-order valence-electron chi connectivity index (χ1n) is 12.4. The number of hydrogen-bond acceptors (Lipinski definition) is 6.